The van der Waals surface area contributed by atoms with Crippen LogP contribution in [0.25, 0.3) is 0 Å². The first-order valence-corrected chi connectivity index (χ1v) is 6.19. The van der Waals surface area contributed by atoms with E-state index in [1.54, 1.807) is 6.07 Å². The van der Waals surface area contributed by atoms with Gasteiger partial charge in [-0.1, -0.05) is 53.0 Å². The second-order valence-corrected chi connectivity index (χ2v) is 4.74. The lowest BCUT2D eigenvalue weighted by molar-refractivity contribution is 0.294. The molecule has 2 rings (SSSR count). The van der Waals surface area contributed by atoms with Crippen molar-refractivity contribution in [3.8, 4) is 5.88 Å². The van der Waals surface area contributed by atoms with E-state index in [-0.39, 0.29) is 18.3 Å². The number of benzene rings is 1. The molecule has 0 amide bonds. The standard InChI is InChI=1S/C12H9Cl3N2O/c13-8-4-2-1-3-7(8)6-18-12-10(15)5-9(14)11(16)17-12/h1-5H,6H2,(H2,16,17). The van der Waals surface area contributed by atoms with E-state index in [1.807, 2.05) is 18.2 Å². The summed E-state index contributed by atoms with van der Waals surface area (Å²) in [6, 6.07) is 8.85. The van der Waals surface area contributed by atoms with Crippen LogP contribution in [0.1, 0.15) is 5.56 Å². The van der Waals surface area contributed by atoms with E-state index in [1.165, 1.54) is 6.07 Å². The first-order valence-electron chi connectivity index (χ1n) is 5.05. The van der Waals surface area contributed by atoms with Crippen LogP contribution in [0, 0.1) is 0 Å². The van der Waals surface area contributed by atoms with Gasteiger partial charge >= 0.3 is 0 Å². The zero-order chi connectivity index (χ0) is 13.1. The Kier molecular flexibility index (Phi) is 4.17. The van der Waals surface area contributed by atoms with Crippen LogP contribution < -0.4 is 10.5 Å². The first-order chi connectivity index (χ1) is 8.58. The topological polar surface area (TPSA) is 48.1 Å². The number of aromatic nitrogens is 1. The van der Waals surface area contributed by atoms with E-state index in [4.69, 9.17) is 45.3 Å². The summed E-state index contributed by atoms with van der Waals surface area (Å²) in [5.41, 5.74) is 6.42. The number of hydrogen-bond acceptors (Lipinski definition) is 3. The molecule has 1 heterocycles. The van der Waals surface area contributed by atoms with Crippen molar-refractivity contribution in [2.45, 2.75) is 6.61 Å². The highest BCUT2D eigenvalue weighted by Crippen LogP contribution is 2.29. The molecule has 6 heteroatoms. The summed E-state index contributed by atoms with van der Waals surface area (Å²) >= 11 is 17.7. The van der Waals surface area contributed by atoms with Crippen molar-refractivity contribution in [2.75, 3.05) is 5.73 Å². The van der Waals surface area contributed by atoms with Crippen molar-refractivity contribution in [3.63, 3.8) is 0 Å². The SMILES string of the molecule is Nc1nc(OCc2ccccc2Cl)c(Cl)cc1Cl. The molecule has 2 aromatic rings. The number of nitrogens with two attached hydrogens (primary N) is 1. The zero-order valence-electron chi connectivity index (χ0n) is 9.16. The average Bonchev–Trinajstić information content (AvgIpc) is 2.34. The molecule has 0 radical (unpaired) electrons. The average molecular weight is 304 g/mol. The highest BCUT2D eigenvalue weighted by molar-refractivity contribution is 6.36. The van der Waals surface area contributed by atoms with Gasteiger partial charge in [-0.05, 0) is 12.1 Å². The number of rotatable bonds is 3. The molecule has 0 spiro atoms. The highest BCUT2D eigenvalue weighted by Gasteiger charge is 2.09. The van der Waals surface area contributed by atoms with Gasteiger partial charge in [0, 0.05) is 10.6 Å². The number of anilines is 1. The minimum absolute atomic E-state index is 0.176. The molecule has 0 atom stereocenters. The maximum atomic E-state index is 6.01. The van der Waals surface area contributed by atoms with E-state index in [9.17, 15) is 0 Å². The Hall–Kier alpha value is -1.16. The van der Waals surface area contributed by atoms with Crippen LogP contribution in [0.15, 0.2) is 30.3 Å². The number of hydrogen-bond donors (Lipinski definition) is 1. The van der Waals surface area contributed by atoms with E-state index < -0.39 is 0 Å². The second kappa shape index (κ2) is 5.65. The molecule has 18 heavy (non-hydrogen) atoms. The Morgan fingerprint density at radius 3 is 2.50 bits per heavy atom. The van der Waals surface area contributed by atoms with Crippen molar-refractivity contribution in [2.24, 2.45) is 0 Å². The van der Waals surface area contributed by atoms with Gasteiger partial charge in [0.25, 0.3) is 0 Å². The number of pyridine rings is 1. The van der Waals surface area contributed by atoms with E-state index in [0.717, 1.165) is 5.56 Å². The van der Waals surface area contributed by atoms with Gasteiger partial charge < -0.3 is 10.5 Å². The summed E-state index contributed by atoms with van der Waals surface area (Å²) in [6.07, 6.45) is 0. The smallest absolute Gasteiger partial charge is 0.234 e. The molecule has 0 saturated carbocycles. The fraction of sp³-hybridized carbons (Fsp3) is 0.0833. The van der Waals surface area contributed by atoms with E-state index >= 15 is 0 Å². The highest BCUT2D eigenvalue weighted by atomic mass is 35.5. The normalized spacial score (nSPS) is 10.4. The molecule has 0 saturated heterocycles. The van der Waals surface area contributed by atoms with Crippen LogP contribution in [0.4, 0.5) is 5.82 Å². The molecule has 0 aliphatic rings. The van der Waals surface area contributed by atoms with Gasteiger partial charge in [0.15, 0.2) is 0 Å². The second-order valence-electron chi connectivity index (χ2n) is 3.52. The summed E-state index contributed by atoms with van der Waals surface area (Å²) in [4.78, 5) is 3.97. The van der Waals surface area contributed by atoms with Gasteiger partial charge in [-0.25, -0.2) is 0 Å². The zero-order valence-corrected chi connectivity index (χ0v) is 11.4. The largest absolute Gasteiger partial charge is 0.472 e. The molecule has 0 unspecified atom stereocenters. The maximum absolute atomic E-state index is 6.01. The first kappa shape index (κ1) is 13.3. The lowest BCUT2D eigenvalue weighted by atomic mass is 10.2. The van der Waals surface area contributed by atoms with Gasteiger partial charge in [-0.2, -0.15) is 4.98 Å². The predicted octanol–water partition coefficient (Wildman–Crippen LogP) is 4.20. The van der Waals surface area contributed by atoms with Crippen LogP contribution in [-0.2, 0) is 6.61 Å². The van der Waals surface area contributed by atoms with Gasteiger partial charge in [0.2, 0.25) is 5.88 Å². The summed E-state index contributed by atoms with van der Waals surface area (Å²) in [5, 5.41) is 1.22. The van der Waals surface area contributed by atoms with Crippen molar-refractivity contribution in [1.29, 1.82) is 0 Å². The van der Waals surface area contributed by atoms with Crippen molar-refractivity contribution >= 4 is 40.6 Å². The molecule has 2 N–H and O–H groups in total. The predicted molar refractivity (Wildman–Crippen MR) is 74.5 cm³/mol. The molecular formula is C12H9Cl3N2O. The van der Waals surface area contributed by atoms with Crippen LogP contribution in [0.3, 0.4) is 0 Å². The minimum atomic E-state index is 0.176. The lowest BCUT2D eigenvalue weighted by Gasteiger charge is -2.09. The van der Waals surface area contributed by atoms with Crippen LogP contribution >= 0.6 is 34.8 Å². The van der Waals surface area contributed by atoms with Gasteiger partial charge in [0.05, 0.1) is 5.02 Å². The molecule has 1 aromatic heterocycles. The molecular weight excluding hydrogens is 295 g/mol. The molecule has 0 bridgehead atoms. The third-order valence-corrected chi connectivity index (χ3v) is 3.19. The molecule has 1 aromatic carbocycles. The Morgan fingerprint density at radius 1 is 1.06 bits per heavy atom. The quantitative estimate of drug-likeness (QED) is 0.924. The Balaban J connectivity index is 2.16. The summed E-state index contributed by atoms with van der Waals surface area (Å²) in [5.74, 6) is 0.411. The Labute approximate surface area is 119 Å². The minimum Gasteiger partial charge on any atom is -0.472 e. The number of nitrogen functional groups attached to an aromatic ring is 1. The molecule has 0 fully saturated rings. The fourth-order valence-electron chi connectivity index (χ4n) is 1.33. The van der Waals surface area contributed by atoms with Crippen molar-refractivity contribution < 1.29 is 4.74 Å². The third kappa shape index (κ3) is 2.99. The van der Waals surface area contributed by atoms with Gasteiger partial charge in [-0.15, -0.1) is 0 Å². The Bertz CT molecular complexity index is 575. The molecule has 0 aliphatic heterocycles. The Morgan fingerprint density at radius 2 is 1.78 bits per heavy atom. The van der Waals surface area contributed by atoms with Gasteiger partial charge in [-0.3, -0.25) is 0 Å². The fourth-order valence-corrected chi connectivity index (χ4v) is 1.93. The summed E-state index contributed by atoms with van der Waals surface area (Å²) in [7, 11) is 0. The maximum Gasteiger partial charge on any atom is 0.234 e. The molecule has 3 nitrogen and oxygen atoms in total. The summed E-state index contributed by atoms with van der Waals surface area (Å²) < 4.78 is 5.47. The summed E-state index contributed by atoms with van der Waals surface area (Å²) in [6.45, 7) is 0.257. The number of nitrogens with zero attached hydrogens (tertiary/aromatic N) is 1. The van der Waals surface area contributed by atoms with Crippen molar-refractivity contribution in [3.05, 3.63) is 51.0 Å². The van der Waals surface area contributed by atoms with Crippen LogP contribution in [0.5, 0.6) is 5.88 Å². The van der Waals surface area contributed by atoms with E-state index in [0.29, 0.717) is 15.1 Å². The number of halogens is 3. The number of ether oxygens (including phenoxy) is 1. The van der Waals surface area contributed by atoms with Crippen LogP contribution in [0.2, 0.25) is 15.1 Å². The lowest BCUT2D eigenvalue weighted by Crippen LogP contribution is -2.01. The third-order valence-electron chi connectivity index (χ3n) is 2.25. The molecule has 94 valence electrons. The molecule has 0 aliphatic carbocycles. The monoisotopic (exact) mass is 302 g/mol. The van der Waals surface area contributed by atoms with Gasteiger partial charge in [0.1, 0.15) is 17.4 Å². The van der Waals surface area contributed by atoms with E-state index in [2.05, 4.69) is 4.98 Å². The van der Waals surface area contributed by atoms with Crippen molar-refractivity contribution in [1.82, 2.24) is 4.98 Å². The van der Waals surface area contributed by atoms with Crippen LogP contribution in [-0.4, -0.2) is 4.98 Å².